The van der Waals surface area contributed by atoms with E-state index < -0.39 is 29.5 Å². The first kappa shape index (κ1) is 30.2. The Morgan fingerprint density at radius 3 is 1.32 bits per heavy atom. The lowest BCUT2D eigenvalue weighted by Gasteiger charge is -2.18. The van der Waals surface area contributed by atoms with Gasteiger partial charge in [-0.05, 0) is 12.1 Å². The first-order valence-corrected chi connectivity index (χ1v) is 13.8. The van der Waals surface area contributed by atoms with Gasteiger partial charge in [-0.15, -0.1) is 0 Å². The molecule has 0 saturated heterocycles. The van der Waals surface area contributed by atoms with Gasteiger partial charge in [-0.25, -0.2) is 4.98 Å². The van der Waals surface area contributed by atoms with Crippen LogP contribution in [0.5, 0.6) is 0 Å². The number of pyridine rings is 1. The average molecular weight is 737 g/mol. The maximum atomic E-state index is 13.1. The molecule has 0 saturated carbocycles. The zero-order valence-corrected chi connectivity index (χ0v) is 25.7. The first-order valence-electron chi connectivity index (χ1n) is 10.4. The van der Waals surface area contributed by atoms with E-state index in [2.05, 4.69) is 15.8 Å². The molecule has 3 aromatic rings. The molecular formula is C22H4Cl9N5O5. The fourth-order valence-corrected chi connectivity index (χ4v) is 6.10. The van der Waals surface area contributed by atoms with Gasteiger partial charge in [0.1, 0.15) is 11.0 Å². The lowest BCUT2D eigenvalue weighted by molar-refractivity contribution is 0.0517. The lowest BCUT2D eigenvalue weighted by Crippen LogP contribution is -2.46. The molecule has 5 amide bonds. The van der Waals surface area contributed by atoms with Crippen LogP contribution in [0.4, 0.5) is 5.82 Å². The Balaban J connectivity index is 1.43. The Labute approximate surface area is 273 Å². The summed E-state index contributed by atoms with van der Waals surface area (Å²) in [4.78, 5) is 68.8. The van der Waals surface area contributed by atoms with E-state index in [0.717, 1.165) is 12.1 Å². The standard InChI is InChI=1S/C22H4Cl9N5O5/c23-4-1-3(18(37)34-36-21(40)8-9(22(36)41)13(27)17(31)16(30)12(8)26)2-5(32-4)33-35-19(38)6-7(20(35)39)11(25)15(29)14(28)10(6)24/h1-2H,(H,32,33)(H,34,37). The summed E-state index contributed by atoms with van der Waals surface area (Å²) in [6, 6.07) is 2.13. The number of hydrazine groups is 2. The van der Waals surface area contributed by atoms with E-state index >= 15 is 0 Å². The number of anilines is 1. The molecule has 0 unspecified atom stereocenters. The third kappa shape index (κ3) is 4.66. The molecule has 0 spiro atoms. The van der Waals surface area contributed by atoms with Crippen molar-refractivity contribution in [2.75, 3.05) is 5.43 Å². The quantitative estimate of drug-likeness (QED) is 0.123. The summed E-state index contributed by atoms with van der Waals surface area (Å²) in [5, 5.41) is -1.72. The fourth-order valence-electron chi connectivity index (χ4n) is 3.87. The van der Waals surface area contributed by atoms with Crippen molar-refractivity contribution in [2.45, 2.75) is 0 Å². The highest BCUT2D eigenvalue weighted by Crippen LogP contribution is 2.46. The Morgan fingerprint density at radius 2 is 0.927 bits per heavy atom. The van der Waals surface area contributed by atoms with E-state index in [4.69, 9.17) is 104 Å². The smallest absolute Gasteiger partial charge is 0.271 e. The molecule has 3 heterocycles. The number of imide groups is 2. The zero-order chi connectivity index (χ0) is 30.2. The third-order valence-electron chi connectivity index (χ3n) is 5.70. The van der Waals surface area contributed by atoms with Crippen LogP contribution in [0.3, 0.4) is 0 Å². The summed E-state index contributed by atoms with van der Waals surface area (Å²) in [5.41, 5.74) is 2.90. The third-order valence-corrected chi connectivity index (χ3v) is 9.50. The summed E-state index contributed by atoms with van der Waals surface area (Å²) < 4.78 is 0. The largest absolute Gasteiger partial charge is 0.282 e. The molecule has 0 aliphatic carbocycles. The van der Waals surface area contributed by atoms with E-state index in [1.54, 1.807) is 0 Å². The van der Waals surface area contributed by atoms with Gasteiger partial charge in [0.15, 0.2) is 0 Å². The number of benzene rings is 2. The van der Waals surface area contributed by atoms with Crippen LogP contribution in [-0.4, -0.2) is 44.5 Å². The number of fused-ring (bicyclic) bond motifs is 2. The first-order chi connectivity index (χ1) is 19.2. The van der Waals surface area contributed by atoms with Crippen molar-refractivity contribution in [1.82, 2.24) is 20.4 Å². The second-order valence-corrected chi connectivity index (χ2v) is 11.4. The van der Waals surface area contributed by atoms with Gasteiger partial charge in [0, 0.05) is 5.56 Å². The minimum Gasteiger partial charge on any atom is -0.271 e. The van der Waals surface area contributed by atoms with E-state index in [0.29, 0.717) is 10.0 Å². The molecular weight excluding hydrogens is 733 g/mol. The van der Waals surface area contributed by atoms with E-state index in [1.807, 2.05) is 0 Å². The molecule has 0 radical (unpaired) electrons. The van der Waals surface area contributed by atoms with Crippen molar-refractivity contribution in [3.05, 3.63) is 85.3 Å². The number of nitrogens with one attached hydrogen (secondary N) is 2. The van der Waals surface area contributed by atoms with Crippen LogP contribution in [0.2, 0.25) is 45.3 Å². The molecule has 19 heteroatoms. The lowest BCUT2D eigenvalue weighted by atomic mass is 10.1. The number of aromatic nitrogens is 1. The van der Waals surface area contributed by atoms with Gasteiger partial charge in [0.05, 0.1) is 62.4 Å². The molecule has 0 fully saturated rings. The van der Waals surface area contributed by atoms with Crippen molar-refractivity contribution in [3.8, 4) is 0 Å². The normalized spacial score (nSPS) is 14.2. The van der Waals surface area contributed by atoms with Gasteiger partial charge >= 0.3 is 0 Å². The Kier molecular flexibility index (Phi) is 7.95. The van der Waals surface area contributed by atoms with E-state index in [1.165, 1.54) is 0 Å². The highest BCUT2D eigenvalue weighted by atomic mass is 35.5. The van der Waals surface area contributed by atoms with Gasteiger partial charge in [-0.2, -0.15) is 10.0 Å². The van der Waals surface area contributed by atoms with Gasteiger partial charge in [-0.3, -0.25) is 34.8 Å². The highest BCUT2D eigenvalue weighted by Gasteiger charge is 2.44. The molecule has 0 bridgehead atoms. The number of rotatable bonds is 4. The molecule has 2 aliphatic rings. The van der Waals surface area contributed by atoms with Crippen LogP contribution in [0.25, 0.3) is 0 Å². The molecule has 0 atom stereocenters. The minimum atomic E-state index is -1.04. The summed E-state index contributed by atoms with van der Waals surface area (Å²) >= 11 is 54.5. The topological polar surface area (TPSA) is 129 Å². The fraction of sp³-hybridized carbons (Fsp3) is 0. The van der Waals surface area contributed by atoms with E-state index in [-0.39, 0.29) is 79.0 Å². The molecule has 5 rings (SSSR count). The Hall–Kier alpha value is -2.25. The molecule has 2 aromatic carbocycles. The molecule has 10 nitrogen and oxygen atoms in total. The molecule has 210 valence electrons. The Bertz CT molecular complexity index is 1720. The van der Waals surface area contributed by atoms with Crippen molar-refractivity contribution in [2.24, 2.45) is 0 Å². The molecule has 2 aliphatic heterocycles. The van der Waals surface area contributed by atoms with Crippen molar-refractivity contribution >= 4 is 140 Å². The minimum absolute atomic E-state index is 0.236. The monoisotopic (exact) mass is 733 g/mol. The summed E-state index contributed by atoms with van der Waals surface area (Å²) in [6.07, 6.45) is 0. The predicted octanol–water partition coefficient (Wildman–Crippen LogP) is 7.53. The van der Waals surface area contributed by atoms with Crippen molar-refractivity contribution in [3.63, 3.8) is 0 Å². The highest BCUT2D eigenvalue weighted by molar-refractivity contribution is 6.56. The summed E-state index contributed by atoms with van der Waals surface area (Å²) in [7, 11) is 0. The maximum Gasteiger partial charge on any atom is 0.282 e. The molecule has 2 N–H and O–H groups in total. The Morgan fingerprint density at radius 1 is 0.561 bits per heavy atom. The number of nitrogens with zero attached hydrogens (tertiary/aromatic N) is 3. The van der Waals surface area contributed by atoms with Crippen LogP contribution in [0.1, 0.15) is 51.8 Å². The van der Waals surface area contributed by atoms with Crippen molar-refractivity contribution < 1.29 is 24.0 Å². The van der Waals surface area contributed by atoms with Crippen LogP contribution >= 0.6 is 104 Å². The summed E-state index contributed by atoms with van der Waals surface area (Å²) in [5.74, 6) is -5.32. The van der Waals surface area contributed by atoms with Crippen LogP contribution in [-0.2, 0) is 0 Å². The van der Waals surface area contributed by atoms with E-state index in [9.17, 15) is 24.0 Å². The maximum absolute atomic E-state index is 13.1. The summed E-state index contributed by atoms with van der Waals surface area (Å²) in [6.45, 7) is 0. The number of halogens is 9. The molecule has 41 heavy (non-hydrogen) atoms. The van der Waals surface area contributed by atoms with Crippen LogP contribution in [0, 0.1) is 0 Å². The number of carbonyl (C=O) groups is 5. The second-order valence-electron chi connectivity index (χ2n) is 8.02. The SMILES string of the molecule is O=C(NN1C(=O)c2c(Cl)c(Cl)c(Cl)c(Cl)c2C1=O)c1cc(Cl)nc(NN2C(=O)c3c(Cl)c(Cl)c(Cl)c(Cl)c3C2=O)c1. The molecule has 1 aromatic heterocycles. The van der Waals surface area contributed by atoms with Gasteiger partial charge in [0.25, 0.3) is 29.5 Å². The number of hydrogen-bond donors (Lipinski definition) is 2. The number of amides is 5. The zero-order valence-electron chi connectivity index (χ0n) is 18.9. The van der Waals surface area contributed by atoms with Gasteiger partial charge < -0.3 is 0 Å². The van der Waals surface area contributed by atoms with Crippen LogP contribution < -0.4 is 10.9 Å². The number of hydrogen-bond acceptors (Lipinski definition) is 7. The van der Waals surface area contributed by atoms with Crippen molar-refractivity contribution in [1.29, 1.82) is 0 Å². The van der Waals surface area contributed by atoms with Crippen LogP contribution in [0.15, 0.2) is 12.1 Å². The van der Waals surface area contributed by atoms with Gasteiger partial charge in [0.2, 0.25) is 0 Å². The second kappa shape index (κ2) is 10.8. The average Bonchev–Trinajstić information content (AvgIpc) is 3.32. The number of carbonyl (C=O) groups excluding carboxylic acids is 5. The predicted molar refractivity (Wildman–Crippen MR) is 154 cm³/mol. The van der Waals surface area contributed by atoms with Gasteiger partial charge in [-0.1, -0.05) is 104 Å².